The van der Waals surface area contributed by atoms with Gasteiger partial charge in [0.2, 0.25) is 0 Å². The second-order valence-corrected chi connectivity index (χ2v) is 6.14. The molecule has 0 fully saturated rings. The highest BCUT2D eigenvalue weighted by atomic mass is 16.6. The Labute approximate surface area is 129 Å². The molecular formula is C18H18N2O2. The van der Waals surface area contributed by atoms with E-state index >= 15 is 0 Å². The van der Waals surface area contributed by atoms with Crippen molar-refractivity contribution in [1.29, 1.82) is 0 Å². The number of nitrogens with zero attached hydrogens (tertiary/aromatic N) is 2. The summed E-state index contributed by atoms with van der Waals surface area (Å²) in [5.41, 5.74) is 2.02. The van der Waals surface area contributed by atoms with Crippen LogP contribution in [0.3, 0.4) is 0 Å². The Balaban J connectivity index is 2.20. The van der Waals surface area contributed by atoms with Gasteiger partial charge in [0.25, 0.3) is 0 Å². The Morgan fingerprint density at radius 3 is 2.45 bits per heavy atom. The van der Waals surface area contributed by atoms with E-state index in [1.54, 1.807) is 17.0 Å². The molecule has 4 heteroatoms. The number of pyridine rings is 1. The van der Waals surface area contributed by atoms with Gasteiger partial charge in [0.15, 0.2) is 0 Å². The van der Waals surface area contributed by atoms with Crippen molar-refractivity contribution < 1.29 is 9.53 Å². The number of para-hydroxylation sites is 1. The van der Waals surface area contributed by atoms with Gasteiger partial charge >= 0.3 is 6.09 Å². The molecule has 22 heavy (non-hydrogen) atoms. The fourth-order valence-corrected chi connectivity index (χ4v) is 2.39. The molecule has 0 aliphatic rings. The van der Waals surface area contributed by atoms with Crippen LogP contribution in [0.15, 0.2) is 54.9 Å². The van der Waals surface area contributed by atoms with E-state index in [9.17, 15) is 4.79 Å². The molecule has 2 heterocycles. The summed E-state index contributed by atoms with van der Waals surface area (Å²) in [7, 11) is 0. The Morgan fingerprint density at radius 2 is 1.77 bits per heavy atom. The third-order valence-electron chi connectivity index (χ3n) is 3.26. The van der Waals surface area contributed by atoms with Gasteiger partial charge in [-0.15, -0.1) is 0 Å². The van der Waals surface area contributed by atoms with Crippen molar-refractivity contribution in [3.63, 3.8) is 0 Å². The number of ether oxygens (including phenoxy) is 1. The molecule has 0 saturated carbocycles. The summed E-state index contributed by atoms with van der Waals surface area (Å²) in [6, 6.07) is 13.5. The molecule has 3 aromatic rings. The maximum Gasteiger partial charge on any atom is 0.419 e. The number of hydrogen-bond acceptors (Lipinski definition) is 3. The van der Waals surface area contributed by atoms with Gasteiger partial charge in [0.05, 0.1) is 11.2 Å². The lowest BCUT2D eigenvalue weighted by molar-refractivity contribution is 0.0547. The largest absolute Gasteiger partial charge is 0.443 e. The molecular weight excluding hydrogens is 276 g/mol. The van der Waals surface area contributed by atoms with Crippen molar-refractivity contribution in [3.05, 3.63) is 54.9 Å². The fraction of sp³-hybridized carbons (Fsp3) is 0.222. The van der Waals surface area contributed by atoms with E-state index in [2.05, 4.69) is 4.98 Å². The second-order valence-electron chi connectivity index (χ2n) is 6.14. The smallest absolute Gasteiger partial charge is 0.419 e. The average Bonchev–Trinajstić information content (AvgIpc) is 2.86. The zero-order valence-electron chi connectivity index (χ0n) is 12.9. The summed E-state index contributed by atoms with van der Waals surface area (Å²) >= 11 is 0. The molecule has 0 unspecified atom stereocenters. The van der Waals surface area contributed by atoms with Crippen molar-refractivity contribution in [2.45, 2.75) is 26.4 Å². The van der Waals surface area contributed by atoms with E-state index in [-0.39, 0.29) is 6.09 Å². The molecule has 0 aliphatic heterocycles. The lowest BCUT2D eigenvalue weighted by Gasteiger charge is -2.21. The summed E-state index contributed by atoms with van der Waals surface area (Å²) in [5, 5.41) is 1.00. The Morgan fingerprint density at radius 1 is 1.09 bits per heavy atom. The zero-order chi connectivity index (χ0) is 15.7. The van der Waals surface area contributed by atoms with E-state index in [1.165, 1.54) is 0 Å². The van der Waals surface area contributed by atoms with Gasteiger partial charge in [0, 0.05) is 23.3 Å². The lowest BCUT2D eigenvalue weighted by Crippen LogP contribution is -2.27. The van der Waals surface area contributed by atoms with Crippen LogP contribution in [0.2, 0.25) is 0 Å². The monoisotopic (exact) mass is 294 g/mol. The Bertz CT molecular complexity index is 814. The van der Waals surface area contributed by atoms with Crippen molar-refractivity contribution >= 4 is 17.0 Å². The molecule has 0 bridgehead atoms. The first-order valence-corrected chi connectivity index (χ1v) is 7.20. The highest BCUT2D eigenvalue weighted by Gasteiger charge is 2.22. The standard InChI is InChI=1S/C18H18N2O2/c1-18(2,3)22-17(21)20-15-7-5-4-6-14(15)12-16(20)13-8-10-19-11-9-13/h4-12H,1-3H3. The average molecular weight is 294 g/mol. The van der Waals surface area contributed by atoms with Crippen LogP contribution in [0, 0.1) is 0 Å². The van der Waals surface area contributed by atoms with Crippen molar-refractivity contribution in [1.82, 2.24) is 9.55 Å². The quantitative estimate of drug-likeness (QED) is 0.664. The number of benzene rings is 1. The van der Waals surface area contributed by atoms with Crippen molar-refractivity contribution in [2.24, 2.45) is 0 Å². The minimum atomic E-state index is -0.544. The normalized spacial score (nSPS) is 11.6. The molecule has 0 aliphatic carbocycles. The Kier molecular flexibility index (Phi) is 3.45. The highest BCUT2D eigenvalue weighted by Crippen LogP contribution is 2.28. The van der Waals surface area contributed by atoms with Crippen LogP contribution in [0.25, 0.3) is 22.2 Å². The number of fused-ring (bicyclic) bond motifs is 1. The first kappa shape index (κ1) is 14.3. The highest BCUT2D eigenvalue weighted by molar-refractivity contribution is 5.96. The van der Waals surface area contributed by atoms with Gasteiger partial charge < -0.3 is 4.74 Å². The maximum atomic E-state index is 12.7. The first-order chi connectivity index (χ1) is 10.5. The number of hydrogen-bond donors (Lipinski definition) is 0. The van der Waals surface area contributed by atoms with Gasteiger partial charge in [-0.2, -0.15) is 0 Å². The third-order valence-corrected chi connectivity index (χ3v) is 3.26. The first-order valence-electron chi connectivity index (χ1n) is 7.20. The molecule has 0 saturated heterocycles. The summed E-state index contributed by atoms with van der Waals surface area (Å²) in [4.78, 5) is 16.7. The summed E-state index contributed by atoms with van der Waals surface area (Å²) in [6.45, 7) is 5.59. The van der Waals surface area contributed by atoms with Gasteiger partial charge in [-0.1, -0.05) is 18.2 Å². The molecule has 0 radical (unpaired) electrons. The van der Waals surface area contributed by atoms with Gasteiger partial charge in [-0.25, -0.2) is 9.36 Å². The molecule has 1 aromatic carbocycles. The minimum Gasteiger partial charge on any atom is -0.443 e. The van der Waals surface area contributed by atoms with E-state index in [4.69, 9.17) is 4.74 Å². The second kappa shape index (κ2) is 5.30. The molecule has 0 spiro atoms. The molecule has 112 valence electrons. The van der Waals surface area contributed by atoms with Crippen LogP contribution in [0.1, 0.15) is 20.8 Å². The van der Waals surface area contributed by atoms with E-state index in [0.29, 0.717) is 0 Å². The van der Waals surface area contributed by atoms with Gasteiger partial charge in [-0.05, 0) is 45.0 Å². The van der Waals surface area contributed by atoms with Crippen LogP contribution in [0.5, 0.6) is 0 Å². The van der Waals surface area contributed by atoms with Crippen LogP contribution in [0.4, 0.5) is 4.79 Å². The van der Waals surface area contributed by atoms with E-state index in [1.807, 2.05) is 63.2 Å². The predicted octanol–water partition coefficient (Wildman–Crippen LogP) is 4.49. The molecule has 0 amide bonds. The zero-order valence-corrected chi connectivity index (χ0v) is 12.9. The lowest BCUT2D eigenvalue weighted by atomic mass is 10.2. The SMILES string of the molecule is CC(C)(C)OC(=O)n1c(-c2ccncc2)cc2ccccc21. The summed E-state index contributed by atoms with van der Waals surface area (Å²) < 4.78 is 7.18. The molecule has 0 atom stereocenters. The molecule has 3 rings (SSSR count). The topological polar surface area (TPSA) is 44.1 Å². The van der Waals surface area contributed by atoms with Gasteiger partial charge in [0.1, 0.15) is 5.60 Å². The third kappa shape index (κ3) is 2.72. The van der Waals surface area contributed by atoms with Crippen LogP contribution in [-0.2, 0) is 4.74 Å². The summed E-state index contributed by atoms with van der Waals surface area (Å²) in [5.74, 6) is 0. The van der Waals surface area contributed by atoms with Crippen LogP contribution >= 0.6 is 0 Å². The van der Waals surface area contributed by atoms with Gasteiger partial charge in [-0.3, -0.25) is 4.98 Å². The predicted molar refractivity (Wildman–Crippen MR) is 86.8 cm³/mol. The Hall–Kier alpha value is -2.62. The van der Waals surface area contributed by atoms with E-state index < -0.39 is 5.60 Å². The van der Waals surface area contributed by atoms with Crippen LogP contribution < -0.4 is 0 Å². The van der Waals surface area contributed by atoms with Crippen molar-refractivity contribution in [2.75, 3.05) is 0 Å². The minimum absolute atomic E-state index is 0.375. The van der Waals surface area contributed by atoms with Crippen LogP contribution in [-0.4, -0.2) is 21.2 Å². The number of aromatic nitrogens is 2. The molecule has 0 N–H and O–H groups in total. The molecule has 2 aromatic heterocycles. The molecule has 4 nitrogen and oxygen atoms in total. The summed E-state index contributed by atoms with van der Waals surface area (Å²) in [6.07, 6.45) is 3.05. The fourth-order valence-electron chi connectivity index (χ4n) is 2.39. The maximum absolute atomic E-state index is 12.7. The number of rotatable bonds is 1. The number of carbonyl (C=O) groups excluding carboxylic acids is 1. The van der Waals surface area contributed by atoms with Crippen molar-refractivity contribution in [3.8, 4) is 11.3 Å². The number of carbonyl (C=O) groups is 1. The van der Waals surface area contributed by atoms with E-state index in [0.717, 1.165) is 22.2 Å².